The molecule has 0 heterocycles. The molecule has 0 aliphatic carbocycles. The summed E-state index contributed by atoms with van der Waals surface area (Å²) in [6, 6.07) is 7.16. The molecule has 22 heavy (non-hydrogen) atoms. The lowest BCUT2D eigenvalue weighted by Crippen LogP contribution is -2.47. The molecule has 0 bridgehead atoms. The molecule has 7 heteroatoms. The molecule has 0 unspecified atom stereocenters. The van der Waals surface area contributed by atoms with Gasteiger partial charge in [-0.3, -0.25) is 9.59 Å². The lowest BCUT2D eigenvalue weighted by atomic mass is 10.1. The predicted octanol–water partition coefficient (Wildman–Crippen LogP) is 1.93. The molecule has 124 valence electrons. The van der Waals surface area contributed by atoms with E-state index in [1.807, 2.05) is 38.1 Å². The lowest BCUT2D eigenvalue weighted by Gasteiger charge is -2.19. The molecular weight excluding hydrogens is 370 g/mol. The highest BCUT2D eigenvalue weighted by Crippen LogP contribution is 2.11. The molecule has 0 radical (unpaired) electrons. The van der Waals surface area contributed by atoms with E-state index in [-0.39, 0.29) is 36.7 Å². The van der Waals surface area contributed by atoms with Crippen molar-refractivity contribution < 1.29 is 9.59 Å². The number of nitrogens with two attached hydrogens (primary N) is 1. The second-order valence-electron chi connectivity index (χ2n) is 5.36. The maximum absolute atomic E-state index is 12.0. The molecule has 0 aliphatic rings. The molecule has 0 aromatic heterocycles. The van der Waals surface area contributed by atoms with E-state index >= 15 is 0 Å². The molecule has 0 aliphatic heterocycles. The monoisotopic (exact) mass is 391 g/mol. The van der Waals surface area contributed by atoms with E-state index in [4.69, 9.17) is 5.73 Å². The van der Waals surface area contributed by atoms with E-state index in [0.717, 1.165) is 10.0 Å². The van der Waals surface area contributed by atoms with Crippen LogP contribution in [0.4, 0.5) is 0 Å². The van der Waals surface area contributed by atoms with Gasteiger partial charge in [-0.2, -0.15) is 0 Å². The SMILES string of the molecule is CC(C)[C@H](N)C(=O)NCC(=O)N(C)Cc1ccc(Br)cc1.Cl. The number of hydrogen-bond donors (Lipinski definition) is 2. The van der Waals surface area contributed by atoms with Crippen LogP contribution in [0.15, 0.2) is 28.7 Å². The van der Waals surface area contributed by atoms with Crippen LogP contribution in [0.5, 0.6) is 0 Å². The van der Waals surface area contributed by atoms with Gasteiger partial charge >= 0.3 is 0 Å². The van der Waals surface area contributed by atoms with Gasteiger partial charge in [0.25, 0.3) is 0 Å². The summed E-state index contributed by atoms with van der Waals surface area (Å²) in [5, 5.41) is 2.58. The summed E-state index contributed by atoms with van der Waals surface area (Å²) in [6.45, 7) is 4.20. The van der Waals surface area contributed by atoms with Crippen LogP contribution >= 0.6 is 28.3 Å². The molecular formula is C15H23BrClN3O2. The van der Waals surface area contributed by atoms with Crippen LogP contribution in [0, 0.1) is 5.92 Å². The molecule has 1 aromatic carbocycles. The van der Waals surface area contributed by atoms with E-state index in [1.165, 1.54) is 0 Å². The van der Waals surface area contributed by atoms with Gasteiger partial charge in [-0.25, -0.2) is 0 Å². The van der Waals surface area contributed by atoms with Crippen molar-refractivity contribution in [2.75, 3.05) is 13.6 Å². The highest BCUT2D eigenvalue weighted by Gasteiger charge is 2.18. The smallest absolute Gasteiger partial charge is 0.242 e. The molecule has 0 spiro atoms. The quantitative estimate of drug-likeness (QED) is 0.777. The van der Waals surface area contributed by atoms with Gasteiger partial charge < -0.3 is 16.0 Å². The van der Waals surface area contributed by atoms with Gasteiger partial charge in [0.05, 0.1) is 12.6 Å². The summed E-state index contributed by atoms with van der Waals surface area (Å²) in [4.78, 5) is 25.2. The number of hydrogen-bond acceptors (Lipinski definition) is 3. The summed E-state index contributed by atoms with van der Waals surface area (Å²) < 4.78 is 0.996. The first-order valence-electron chi connectivity index (χ1n) is 6.83. The molecule has 2 amide bonds. The van der Waals surface area contributed by atoms with E-state index in [1.54, 1.807) is 11.9 Å². The third kappa shape index (κ3) is 6.77. The third-order valence-corrected chi connectivity index (χ3v) is 3.72. The average Bonchev–Trinajstić information content (AvgIpc) is 2.45. The van der Waals surface area contributed by atoms with Crippen molar-refractivity contribution in [3.05, 3.63) is 34.3 Å². The molecule has 5 nitrogen and oxygen atoms in total. The number of benzene rings is 1. The van der Waals surface area contributed by atoms with Gasteiger partial charge in [-0.1, -0.05) is 41.9 Å². The second-order valence-corrected chi connectivity index (χ2v) is 6.28. The fourth-order valence-electron chi connectivity index (χ4n) is 1.67. The van der Waals surface area contributed by atoms with Crippen molar-refractivity contribution >= 4 is 40.2 Å². The summed E-state index contributed by atoms with van der Waals surface area (Å²) in [7, 11) is 1.71. The van der Waals surface area contributed by atoms with Crippen LogP contribution in [-0.4, -0.2) is 36.3 Å². The van der Waals surface area contributed by atoms with Gasteiger partial charge in [0.15, 0.2) is 0 Å². The van der Waals surface area contributed by atoms with Gasteiger partial charge in [-0.15, -0.1) is 12.4 Å². The van der Waals surface area contributed by atoms with Crippen LogP contribution in [0.3, 0.4) is 0 Å². The molecule has 1 rings (SSSR count). The fourth-order valence-corrected chi connectivity index (χ4v) is 1.93. The maximum atomic E-state index is 12.0. The Morgan fingerprint density at radius 2 is 1.82 bits per heavy atom. The summed E-state index contributed by atoms with van der Waals surface area (Å²) >= 11 is 3.37. The lowest BCUT2D eigenvalue weighted by molar-refractivity contribution is -0.132. The Kier molecular flexibility index (Phi) is 9.32. The highest BCUT2D eigenvalue weighted by molar-refractivity contribution is 9.10. The van der Waals surface area contributed by atoms with Gasteiger partial charge in [0.1, 0.15) is 0 Å². The standard InChI is InChI=1S/C15H22BrN3O2.ClH/c1-10(2)14(17)15(21)18-8-13(20)19(3)9-11-4-6-12(16)7-5-11;/h4-7,10,14H,8-9,17H2,1-3H3,(H,18,21);1H/t14-;/m0./s1. The van der Waals surface area contributed by atoms with Crippen molar-refractivity contribution in [3.63, 3.8) is 0 Å². The van der Waals surface area contributed by atoms with Crippen LogP contribution < -0.4 is 11.1 Å². The van der Waals surface area contributed by atoms with Crippen LogP contribution in [0.25, 0.3) is 0 Å². The van der Waals surface area contributed by atoms with Crippen molar-refractivity contribution in [1.82, 2.24) is 10.2 Å². The number of nitrogens with one attached hydrogen (secondary N) is 1. The number of rotatable bonds is 6. The maximum Gasteiger partial charge on any atom is 0.242 e. The number of amides is 2. The Balaban J connectivity index is 0.00000441. The zero-order valence-electron chi connectivity index (χ0n) is 13.0. The summed E-state index contributed by atoms with van der Waals surface area (Å²) in [6.07, 6.45) is 0. The largest absolute Gasteiger partial charge is 0.346 e. The van der Waals surface area contributed by atoms with Crippen molar-refractivity contribution in [2.24, 2.45) is 11.7 Å². The Morgan fingerprint density at radius 1 is 1.27 bits per heavy atom. The highest BCUT2D eigenvalue weighted by atomic mass is 79.9. The van der Waals surface area contributed by atoms with Gasteiger partial charge in [0.2, 0.25) is 11.8 Å². The first-order valence-corrected chi connectivity index (χ1v) is 7.62. The fraction of sp³-hybridized carbons (Fsp3) is 0.467. The number of likely N-dealkylation sites (N-methyl/N-ethyl adjacent to an activating group) is 1. The number of halogens is 2. The minimum Gasteiger partial charge on any atom is -0.346 e. The Labute approximate surface area is 146 Å². The molecule has 1 aromatic rings. The summed E-state index contributed by atoms with van der Waals surface area (Å²) in [5.74, 6) is -0.404. The number of carbonyl (C=O) groups is 2. The molecule has 0 saturated heterocycles. The van der Waals surface area contributed by atoms with E-state index in [0.29, 0.717) is 6.54 Å². The zero-order chi connectivity index (χ0) is 16.0. The first-order chi connectivity index (χ1) is 9.81. The topological polar surface area (TPSA) is 75.4 Å². The summed E-state index contributed by atoms with van der Waals surface area (Å²) in [5.41, 5.74) is 6.75. The second kappa shape index (κ2) is 9.82. The number of carbonyl (C=O) groups excluding carboxylic acids is 2. The number of nitrogens with zero attached hydrogens (tertiary/aromatic N) is 1. The molecule has 3 N–H and O–H groups in total. The van der Waals surface area contributed by atoms with E-state index in [9.17, 15) is 9.59 Å². The normalized spacial score (nSPS) is 11.5. The van der Waals surface area contributed by atoms with Gasteiger partial charge in [0, 0.05) is 18.1 Å². The van der Waals surface area contributed by atoms with Crippen molar-refractivity contribution in [3.8, 4) is 0 Å². The van der Waals surface area contributed by atoms with Gasteiger partial charge in [-0.05, 0) is 23.6 Å². The molecule has 1 atom stereocenters. The Bertz CT molecular complexity index is 494. The zero-order valence-corrected chi connectivity index (χ0v) is 15.4. The van der Waals surface area contributed by atoms with Crippen LogP contribution in [-0.2, 0) is 16.1 Å². The van der Waals surface area contributed by atoms with Crippen LogP contribution in [0.2, 0.25) is 0 Å². The van der Waals surface area contributed by atoms with Crippen LogP contribution in [0.1, 0.15) is 19.4 Å². The first kappa shape index (κ1) is 20.9. The predicted molar refractivity (Wildman–Crippen MR) is 93.7 cm³/mol. The average molecular weight is 393 g/mol. The van der Waals surface area contributed by atoms with E-state index < -0.39 is 6.04 Å². The Hall–Kier alpha value is -1.11. The molecule has 0 fully saturated rings. The molecule has 0 saturated carbocycles. The minimum absolute atomic E-state index is 0. The van der Waals surface area contributed by atoms with E-state index in [2.05, 4.69) is 21.2 Å². The van der Waals surface area contributed by atoms with Crippen molar-refractivity contribution in [2.45, 2.75) is 26.4 Å². The van der Waals surface area contributed by atoms with Crippen molar-refractivity contribution in [1.29, 1.82) is 0 Å². The minimum atomic E-state index is -0.588. The third-order valence-electron chi connectivity index (χ3n) is 3.19. The Morgan fingerprint density at radius 3 is 2.32 bits per heavy atom.